The highest BCUT2D eigenvalue weighted by atomic mass is 127. The van der Waals surface area contributed by atoms with E-state index in [0.29, 0.717) is 0 Å². The molecule has 74 valence electrons. The van der Waals surface area contributed by atoms with Crippen molar-refractivity contribution in [3.05, 3.63) is 0 Å². The van der Waals surface area contributed by atoms with Crippen molar-refractivity contribution in [2.24, 2.45) is 0 Å². The normalized spacial score (nSPS) is 10.7. The van der Waals surface area contributed by atoms with Gasteiger partial charge in [-0.3, -0.25) is 4.79 Å². The van der Waals surface area contributed by atoms with Crippen molar-refractivity contribution in [2.75, 3.05) is 32.9 Å². The van der Waals surface area contributed by atoms with Crippen molar-refractivity contribution < 1.29 is 33.3 Å². The van der Waals surface area contributed by atoms with E-state index < -0.39 is 0 Å². The summed E-state index contributed by atoms with van der Waals surface area (Å²) in [4.78, 5) is 10.6. The minimum absolute atomic E-state index is 0. The molecule has 0 aliphatic heterocycles. The molecule has 0 radical (unpaired) electrons. The number of halogens is 1. The molecule has 0 heterocycles. The molecule has 0 aromatic carbocycles. The first-order chi connectivity index (χ1) is 4.98. The molecule has 0 fully saturated rings. The van der Waals surface area contributed by atoms with Crippen LogP contribution < -0.4 is 24.0 Å². The molecule has 0 aromatic rings. The van der Waals surface area contributed by atoms with Gasteiger partial charge in [0.15, 0.2) is 5.12 Å². The highest BCUT2D eigenvalue weighted by Gasteiger charge is 2.11. The molecule has 12 heavy (non-hydrogen) atoms. The van der Waals surface area contributed by atoms with Gasteiger partial charge in [-0.05, 0) is 6.92 Å². The minimum Gasteiger partial charge on any atom is -1.00 e. The van der Waals surface area contributed by atoms with E-state index in [1.54, 1.807) is 6.92 Å². The van der Waals surface area contributed by atoms with E-state index in [-0.39, 0.29) is 29.1 Å². The van der Waals surface area contributed by atoms with Gasteiger partial charge in [-0.1, -0.05) is 11.8 Å². The van der Waals surface area contributed by atoms with Crippen molar-refractivity contribution in [3.8, 4) is 0 Å². The average molecular weight is 303 g/mol. The lowest BCUT2D eigenvalue weighted by atomic mass is 10.5. The Bertz CT molecular complexity index is 139. The topological polar surface area (TPSA) is 17.1 Å². The van der Waals surface area contributed by atoms with Gasteiger partial charge < -0.3 is 28.5 Å². The smallest absolute Gasteiger partial charge is 0.186 e. The summed E-state index contributed by atoms with van der Waals surface area (Å²) in [7, 11) is 4.36. The summed E-state index contributed by atoms with van der Waals surface area (Å²) in [6, 6.07) is 0. The van der Waals surface area contributed by atoms with Crippen molar-refractivity contribution in [1.29, 1.82) is 0 Å². The molecular formula is C8H18INOS. The molecule has 0 N–H and O–H groups in total. The number of carbonyl (C=O) groups excluding carboxylic acids is 1. The van der Waals surface area contributed by atoms with Crippen LogP contribution in [0.15, 0.2) is 0 Å². The van der Waals surface area contributed by atoms with Crippen LogP contribution in [-0.2, 0) is 4.79 Å². The van der Waals surface area contributed by atoms with Crippen LogP contribution >= 0.6 is 11.8 Å². The Balaban J connectivity index is 0. The highest BCUT2D eigenvalue weighted by Crippen LogP contribution is 2.04. The fraction of sp³-hybridized carbons (Fsp3) is 0.875. The molecule has 0 atom stereocenters. The number of nitrogens with zero attached hydrogens (tertiary/aromatic N) is 1. The van der Waals surface area contributed by atoms with Gasteiger partial charge in [0.25, 0.3) is 0 Å². The molecule has 0 aromatic heterocycles. The first kappa shape index (κ1) is 15.2. The van der Waals surface area contributed by atoms with Crippen LogP contribution in [0.25, 0.3) is 0 Å². The molecule has 0 rings (SSSR count). The first-order valence-electron chi connectivity index (χ1n) is 3.93. The van der Waals surface area contributed by atoms with Gasteiger partial charge in [0.05, 0.1) is 32.9 Å². The molecule has 2 nitrogen and oxygen atoms in total. The number of hydrogen-bond donors (Lipinski definition) is 0. The summed E-state index contributed by atoms with van der Waals surface area (Å²) in [5.41, 5.74) is 0. The van der Waals surface area contributed by atoms with E-state index in [2.05, 4.69) is 21.0 Å². The maximum atomic E-state index is 10.6. The van der Waals surface area contributed by atoms with E-state index in [9.17, 15) is 4.79 Å². The zero-order valence-electron chi connectivity index (χ0n) is 8.26. The van der Waals surface area contributed by atoms with Crippen molar-refractivity contribution >= 4 is 16.9 Å². The van der Waals surface area contributed by atoms with Crippen LogP contribution in [0, 0.1) is 0 Å². The van der Waals surface area contributed by atoms with Gasteiger partial charge >= 0.3 is 0 Å². The summed E-state index contributed by atoms with van der Waals surface area (Å²) in [5.74, 6) is 0.941. The predicted octanol–water partition coefficient (Wildman–Crippen LogP) is -1.63. The Hall–Kier alpha value is 0.710. The lowest BCUT2D eigenvalue weighted by Gasteiger charge is -2.27. The van der Waals surface area contributed by atoms with Gasteiger partial charge in [-0.25, -0.2) is 0 Å². The Morgan fingerprint density at radius 1 is 1.42 bits per heavy atom. The lowest BCUT2D eigenvalue weighted by molar-refractivity contribution is -0.885. The quantitative estimate of drug-likeness (QED) is 0.458. The first-order valence-corrected chi connectivity index (χ1v) is 4.92. The Labute approximate surface area is 96.7 Å². The summed E-state index contributed by atoms with van der Waals surface area (Å²) in [6.45, 7) is 5.98. The summed E-state index contributed by atoms with van der Waals surface area (Å²) < 4.78 is 1.00. The number of hydrogen-bond acceptors (Lipinski definition) is 2. The number of rotatable bonds is 4. The number of thioether (sulfide) groups is 1. The van der Waals surface area contributed by atoms with Crippen LogP contribution in [0.4, 0.5) is 0 Å². The molecule has 0 unspecified atom stereocenters. The number of quaternary nitrogens is 1. The molecule has 0 saturated heterocycles. The third kappa shape index (κ3) is 8.80. The second-order valence-corrected chi connectivity index (χ2v) is 4.59. The standard InChI is InChI=1S/C8H18NOS.HI/c1-5-9(3,4)6-7-11-8(2)10;/h5-7H2,1-4H3;1H/q+1;/p-1. The molecule has 0 bridgehead atoms. The van der Waals surface area contributed by atoms with Gasteiger partial charge in [0, 0.05) is 6.92 Å². The summed E-state index contributed by atoms with van der Waals surface area (Å²) in [6.07, 6.45) is 0. The Morgan fingerprint density at radius 2 is 1.92 bits per heavy atom. The maximum Gasteiger partial charge on any atom is 0.186 e. The molecule has 0 aliphatic rings. The number of carbonyl (C=O) groups is 1. The van der Waals surface area contributed by atoms with E-state index in [4.69, 9.17) is 0 Å². The lowest BCUT2D eigenvalue weighted by Crippen LogP contribution is -3.00. The van der Waals surface area contributed by atoms with Crippen LogP contribution in [0.5, 0.6) is 0 Å². The van der Waals surface area contributed by atoms with E-state index >= 15 is 0 Å². The summed E-state index contributed by atoms with van der Waals surface area (Å²) >= 11 is 1.42. The second-order valence-electron chi connectivity index (χ2n) is 3.32. The van der Waals surface area contributed by atoms with Crippen LogP contribution in [0.3, 0.4) is 0 Å². The van der Waals surface area contributed by atoms with Crippen LogP contribution in [0.2, 0.25) is 0 Å². The molecule has 0 spiro atoms. The largest absolute Gasteiger partial charge is 1.00 e. The third-order valence-electron chi connectivity index (χ3n) is 1.86. The molecule has 0 amide bonds. The molecular weight excluding hydrogens is 285 g/mol. The van der Waals surface area contributed by atoms with E-state index in [1.807, 2.05) is 0 Å². The zero-order chi connectivity index (χ0) is 8.91. The predicted molar refractivity (Wildman–Crippen MR) is 50.7 cm³/mol. The zero-order valence-corrected chi connectivity index (χ0v) is 11.2. The fourth-order valence-corrected chi connectivity index (χ4v) is 1.47. The molecule has 4 heteroatoms. The highest BCUT2D eigenvalue weighted by molar-refractivity contribution is 8.13. The van der Waals surface area contributed by atoms with E-state index in [0.717, 1.165) is 23.3 Å². The Kier molecular flexibility index (Phi) is 9.05. The SMILES string of the molecule is CC[N+](C)(C)CCSC(C)=O.[I-]. The van der Waals surface area contributed by atoms with Crippen molar-refractivity contribution in [3.63, 3.8) is 0 Å². The van der Waals surface area contributed by atoms with Crippen molar-refractivity contribution in [2.45, 2.75) is 13.8 Å². The Morgan fingerprint density at radius 3 is 2.25 bits per heavy atom. The maximum absolute atomic E-state index is 10.6. The fourth-order valence-electron chi connectivity index (χ4n) is 0.595. The van der Waals surface area contributed by atoms with Crippen molar-refractivity contribution in [1.82, 2.24) is 0 Å². The van der Waals surface area contributed by atoms with Gasteiger partial charge in [-0.2, -0.15) is 0 Å². The van der Waals surface area contributed by atoms with Gasteiger partial charge in [-0.15, -0.1) is 0 Å². The van der Waals surface area contributed by atoms with E-state index in [1.165, 1.54) is 11.8 Å². The minimum atomic E-state index is 0. The van der Waals surface area contributed by atoms with Crippen LogP contribution in [0.1, 0.15) is 13.8 Å². The summed E-state index contributed by atoms with van der Waals surface area (Å²) in [5, 5.41) is 0.223. The third-order valence-corrected chi connectivity index (χ3v) is 2.65. The van der Waals surface area contributed by atoms with Gasteiger partial charge in [0.2, 0.25) is 0 Å². The molecule has 0 saturated carbocycles. The molecule has 0 aliphatic carbocycles. The van der Waals surface area contributed by atoms with Crippen LogP contribution in [-0.4, -0.2) is 42.5 Å². The average Bonchev–Trinajstić information content (AvgIpc) is 1.87. The monoisotopic (exact) mass is 303 g/mol. The van der Waals surface area contributed by atoms with Gasteiger partial charge in [0.1, 0.15) is 0 Å². The second kappa shape index (κ2) is 7.15.